The number of nitrogens with two attached hydrogens (primary N) is 1. The van der Waals surface area contributed by atoms with Gasteiger partial charge in [0.2, 0.25) is 17.7 Å². The first-order chi connectivity index (χ1) is 12.4. The zero-order chi connectivity index (χ0) is 21.3. The van der Waals surface area contributed by atoms with Crippen molar-refractivity contribution in [3.05, 3.63) is 0 Å². The lowest BCUT2D eigenvalue weighted by Gasteiger charge is -2.25. The lowest BCUT2D eigenvalue weighted by atomic mass is 10.0. The second-order valence-corrected chi connectivity index (χ2v) is 7.64. The van der Waals surface area contributed by atoms with Crippen molar-refractivity contribution in [1.82, 2.24) is 16.0 Å². The van der Waals surface area contributed by atoms with Gasteiger partial charge in [0.1, 0.15) is 18.1 Å². The summed E-state index contributed by atoms with van der Waals surface area (Å²) >= 11 is 4.08. The van der Waals surface area contributed by atoms with Crippen molar-refractivity contribution < 1.29 is 24.3 Å². The molecule has 0 fully saturated rings. The monoisotopic (exact) mass is 404 g/mol. The second-order valence-electron chi connectivity index (χ2n) is 7.27. The number of nitrogens with one attached hydrogen (secondary N) is 3. The number of amides is 3. The summed E-state index contributed by atoms with van der Waals surface area (Å²) in [7, 11) is 0. The fourth-order valence-electron chi connectivity index (χ4n) is 2.12. The maximum atomic E-state index is 12.5. The van der Waals surface area contributed by atoms with Gasteiger partial charge in [-0.15, -0.1) is 0 Å². The Labute approximate surface area is 165 Å². The van der Waals surface area contributed by atoms with Gasteiger partial charge < -0.3 is 26.8 Å². The Hall–Kier alpha value is -1.81. The standard InChI is InChI=1S/C17H32N4O5S/c1-8(2)6-11(14(22)19-10(5)17(25)26)20-15(23)12(7-27)21-16(24)13(18)9(3)4/h8-13,27H,6-7,18H2,1-5H3,(H,19,22)(H,20,23)(H,21,24)(H,25,26). The minimum atomic E-state index is -1.18. The Morgan fingerprint density at radius 2 is 1.37 bits per heavy atom. The number of carbonyl (C=O) groups is 4. The van der Waals surface area contributed by atoms with E-state index < -0.39 is 47.9 Å². The summed E-state index contributed by atoms with van der Waals surface area (Å²) in [6.07, 6.45) is 0.308. The van der Waals surface area contributed by atoms with Gasteiger partial charge in [0.25, 0.3) is 0 Å². The highest BCUT2D eigenvalue weighted by atomic mass is 32.1. The first kappa shape index (κ1) is 25.2. The number of thiol groups is 1. The average Bonchev–Trinajstić information content (AvgIpc) is 2.56. The summed E-state index contributed by atoms with van der Waals surface area (Å²) in [6, 6.07) is -3.76. The van der Waals surface area contributed by atoms with E-state index in [4.69, 9.17) is 10.8 Å². The summed E-state index contributed by atoms with van der Waals surface area (Å²) in [5.41, 5.74) is 5.77. The minimum absolute atomic E-state index is 0.0178. The molecule has 9 nitrogen and oxygen atoms in total. The third-order valence-electron chi connectivity index (χ3n) is 3.91. The molecule has 3 amide bonds. The third kappa shape index (κ3) is 9.09. The predicted molar refractivity (Wildman–Crippen MR) is 105 cm³/mol. The number of aliphatic carboxylic acids is 1. The first-order valence-corrected chi connectivity index (χ1v) is 9.54. The number of rotatable bonds is 11. The molecule has 0 bridgehead atoms. The van der Waals surface area contributed by atoms with Gasteiger partial charge in [-0.25, -0.2) is 0 Å². The van der Waals surface area contributed by atoms with E-state index in [0.29, 0.717) is 6.42 Å². The molecule has 0 aromatic heterocycles. The Morgan fingerprint density at radius 1 is 0.889 bits per heavy atom. The second kappa shape index (κ2) is 11.8. The summed E-state index contributed by atoms with van der Waals surface area (Å²) in [4.78, 5) is 47.9. The van der Waals surface area contributed by atoms with E-state index in [1.165, 1.54) is 6.92 Å². The summed E-state index contributed by atoms with van der Waals surface area (Å²) < 4.78 is 0. The molecule has 0 spiro atoms. The van der Waals surface area contributed by atoms with Gasteiger partial charge >= 0.3 is 5.97 Å². The van der Waals surface area contributed by atoms with E-state index >= 15 is 0 Å². The fraction of sp³-hybridized carbons (Fsp3) is 0.765. The predicted octanol–water partition coefficient (Wildman–Crippen LogP) is -0.495. The fourth-order valence-corrected chi connectivity index (χ4v) is 2.37. The number of carboxylic acid groups (broad SMARTS) is 1. The minimum Gasteiger partial charge on any atom is -0.480 e. The van der Waals surface area contributed by atoms with Crippen molar-refractivity contribution in [3.63, 3.8) is 0 Å². The molecule has 0 rings (SSSR count). The molecule has 0 aliphatic rings. The topological polar surface area (TPSA) is 151 Å². The Balaban J connectivity index is 5.10. The Morgan fingerprint density at radius 3 is 1.78 bits per heavy atom. The number of hydrogen-bond acceptors (Lipinski definition) is 6. The average molecular weight is 405 g/mol. The van der Waals surface area contributed by atoms with E-state index in [1.54, 1.807) is 13.8 Å². The van der Waals surface area contributed by atoms with Crippen molar-refractivity contribution in [1.29, 1.82) is 0 Å². The molecule has 0 aromatic carbocycles. The highest BCUT2D eigenvalue weighted by molar-refractivity contribution is 7.80. The van der Waals surface area contributed by atoms with Crippen LogP contribution in [0.5, 0.6) is 0 Å². The van der Waals surface area contributed by atoms with Crippen LogP contribution in [0.15, 0.2) is 0 Å². The zero-order valence-electron chi connectivity index (χ0n) is 16.5. The maximum absolute atomic E-state index is 12.5. The molecule has 0 radical (unpaired) electrons. The molecule has 0 saturated carbocycles. The van der Waals surface area contributed by atoms with Crippen LogP contribution in [0.25, 0.3) is 0 Å². The lowest BCUT2D eigenvalue weighted by molar-refractivity contribution is -0.141. The Kier molecular flexibility index (Phi) is 11.0. The van der Waals surface area contributed by atoms with E-state index in [0.717, 1.165) is 0 Å². The largest absolute Gasteiger partial charge is 0.480 e. The molecule has 0 saturated heterocycles. The van der Waals surface area contributed by atoms with Gasteiger partial charge in [-0.05, 0) is 25.2 Å². The molecular formula is C17H32N4O5S. The van der Waals surface area contributed by atoms with E-state index in [1.807, 2.05) is 13.8 Å². The van der Waals surface area contributed by atoms with Gasteiger partial charge in [-0.2, -0.15) is 12.6 Å². The molecule has 0 aliphatic carbocycles. The first-order valence-electron chi connectivity index (χ1n) is 8.91. The molecule has 0 aliphatic heterocycles. The molecule has 0 aromatic rings. The zero-order valence-corrected chi connectivity index (χ0v) is 17.4. The highest BCUT2D eigenvalue weighted by Crippen LogP contribution is 2.07. The number of carbonyl (C=O) groups excluding carboxylic acids is 3. The van der Waals surface area contributed by atoms with Crippen molar-refractivity contribution in [3.8, 4) is 0 Å². The van der Waals surface area contributed by atoms with Crippen molar-refractivity contribution in [2.45, 2.75) is 65.2 Å². The summed E-state index contributed by atoms with van der Waals surface area (Å²) in [6.45, 7) is 8.64. The summed E-state index contributed by atoms with van der Waals surface area (Å²) in [5.74, 6) is -2.87. The molecule has 156 valence electrons. The van der Waals surface area contributed by atoms with Crippen LogP contribution in [0.1, 0.15) is 41.0 Å². The lowest BCUT2D eigenvalue weighted by Crippen LogP contribution is -2.58. The molecule has 10 heteroatoms. The SMILES string of the molecule is CC(C)CC(NC(=O)C(CS)NC(=O)C(N)C(C)C)C(=O)NC(C)C(=O)O. The molecule has 6 N–H and O–H groups in total. The van der Waals surface area contributed by atoms with Crippen LogP contribution in [0.2, 0.25) is 0 Å². The molecule has 27 heavy (non-hydrogen) atoms. The van der Waals surface area contributed by atoms with Gasteiger partial charge in [0.05, 0.1) is 6.04 Å². The van der Waals surface area contributed by atoms with E-state index in [-0.39, 0.29) is 17.6 Å². The van der Waals surface area contributed by atoms with Crippen LogP contribution >= 0.6 is 12.6 Å². The van der Waals surface area contributed by atoms with Crippen LogP contribution in [0, 0.1) is 11.8 Å². The van der Waals surface area contributed by atoms with Gasteiger partial charge in [0, 0.05) is 5.75 Å². The molecule has 4 unspecified atom stereocenters. The van der Waals surface area contributed by atoms with Gasteiger partial charge in [0.15, 0.2) is 0 Å². The number of carboxylic acids is 1. The van der Waals surface area contributed by atoms with Crippen LogP contribution in [-0.4, -0.2) is 58.7 Å². The molecular weight excluding hydrogens is 372 g/mol. The Bertz CT molecular complexity index is 541. The van der Waals surface area contributed by atoms with Crippen LogP contribution < -0.4 is 21.7 Å². The van der Waals surface area contributed by atoms with Crippen molar-refractivity contribution in [2.75, 3.05) is 5.75 Å². The smallest absolute Gasteiger partial charge is 0.325 e. The quantitative estimate of drug-likeness (QED) is 0.256. The highest BCUT2D eigenvalue weighted by Gasteiger charge is 2.29. The molecule has 0 heterocycles. The summed E-state index contributed by atoms with van der Waals surface area (Å²) in [5, 5.41) is 16.4. The van der Waals surface area contributed by atoms with Crippen LogP contribution in [-0.2, 0) is 19.2 Å². The normalized spacial score (nSPS) is 15.6. The maximum Gasteiger partial charge on any atom is 0.325 e. The molecule has 4 atom stereocenters. The van der Waals surface area contributed by atoms with Crippen molar-refractivity contribution in [2.24, 2.45) is 17.6 Å². The van der Waals surface area contributed by atoms with Gasteiger partial charge in [-0.3, -0.25) is 19.2 Å². The van der Waals surface area contributed by atoms with Gasteiger partial charge in [-0.1, -0.05) is 27.7 Å². The van der Waals surface area contributed by atoms with E-state index in [2.05, 4.69) is 28.6 Å². The van der Waals surface area contributed by atoms with Crippen LogP contribution in [0.3, 0.4) is 0 Å². The number of hydrogen-bond donors (Lipinski definition) is 6. The third-order valence-corrected chi connectivity index (χ3v) is 4.27. The van der Waals surface area contributed by atoms with E-state index in [9.17, 15) is 19.2 Å². The van der Waals surface area contributed by atoms with Crippen molar-refractivity contribution >= 4 is 36.3 Å². The van der Waals surface area contributed by atoms with Crippen LogP contribution in [0.4, 0.5) is 0 Å².